The molecule has 0 amide bonds. The van der Waals surface area contributed by atoms with Crippen molar-refractivity contribution in [3.63, 3.8) is 0 Å². The van der Waals surface area contributed by atoms with E-state index in [1.54, 1.807) is 0 Å². The molecule has 0 aromatic heterocycles. The van der Waals surface area contributed by atoms with Gasteiger partial charge in [0, 0.05) is 6.42 Å². The lowest BCUT2D eigenvalue weighted by Gasteiger charge is -2.11. The second-order valence-corrected chi connectivity index (χ2v) is 4.47. The number of para-hydroxylation sites is 1. The molecule has 0 aliphatic heterocycles. The summed E-state index contributed by atoms with van der Waals surface area (Å²) in [5.74, 6) is 1.02. The van der Waals surface area contributed by atoms with Crippen molar-refractivity contribution in [1.82, 2.24) is 0 Å². The first-order chi connectivity index (χ1) is 9.90. The van der Waals surface area contributed by atoms with E-state index in [1.165, 1.54) is 24.6 Å². The van der Waals surface area contributed by atoms with Crippen LogP contribution in [0.4, 0.5) is 0 Å². The summed E-state index contributed by atoms with van der Waals surface area (Å²) in [6.45, 7) is 2.99. The van der Waals surface area contributed by atoms with E-state index < -0.39 is 0 Å². The summed E-state index contributed by atoms with van der Waals surface area (Å²) in [5, 5.41) is 0. The van der Waals surface area contributed by atoms with Gasteiger partial charge in [0.05, 0.1) is 6.61 Å². The standard InChI is InChI=1S/C17H20O.CH5N.ClH/c1-2-3-13-18-17-12-8-7-11-16(17)14-15-9-5-4-6-10-15;1-2;/h4-12H,2-3,13-14H2,1H3;2H2,1H3;1H. The van der Waals surface area contributed by atoms with Crippen LogP contribution < -0.4 is 10.5 Å². The van der Waals surface area contributed by atoms with Crippen molar-refractivity contribution in [1.29, 1.82) is 0 Å². The molecule has 0 heterocycles. The number of rotatable bonds is 6. The Kier molecular flexibility index (Phi) is 11.4. The van der Waals surface area contributed by atoms with Gasteiger partial charge in [-0.2, -0.15) is 0 Å². The Labute approximate surface area is 134 Å². The van der Waals surface area contributed by atoms with Gasteiger partial charge in [0.25, 0.3) is 0 Å². The molecule has 0 bridgehead atoms. The Hall–Kier alpha value is -1.51. The van der Waals surface area contributed by atoms with Crippen LogP contribution in [-0.2, 0) is 6.42 Å². The average molecular weight is 308 g/mol. The molecule has 2 nitrogen and oxygen atoms in total. The predicted octanol–water partition coefficient (Wildman–Crippen LogP) is 4.45. The summed E-state index contributed by atoms with van der Waals surface area (Å²) in [4.78, 5) is 0. The maximum Gasteiger partial charge on any atom is 0.122 e. The van der Waals surface area contributed by atoms with Gasteiger partial charge in [-0.3, -0.25) is 0 Å². The lowest BCUT2D eigenvalue weighted by atomic mass is 10.0. The van der Waals surface area contributed by atoms with Gasteiger partial charge in [0.2, 0.25) is 0 Å². The van der Waals surface area contributed by atoms with Crippen LogP contribution in [-0.4, -0.2) is 13.7 Å². The lowest BCUT2D eigenvalue weighted by Crippen LogP contribution is -2.00. The average Bonchev–Trinajstić information content (AvgIpc) is 2.52. The summed E-state index contributed by atoms with van der Waals surface area (Å²) in [7, 11) is 1.50. The molecule has 0 saturated carbocycles. The Bertz CT molecular complexity index is 474. The Morgan fingerprint density at radius 3 is 2.19 bits per heavy atom. The van der Waals surface area contributed by atoms with Gasteiger partial charge in [-0.1, -0.05) is 61.9 Å². The molecule has 0 spiro atoms. The van der Waals surface area contributed by atoms with Crippen LogP contribution in [0.1, 0.15) is 30.9 Å². The first kappa shape index (κ1) is 19.5. The van der Waals surface area contributed by atoms with E-state index in [2.05, 4.69) is 55.1 Å². The molecule has 0 atom stereocenters. The molecule has 21 heavy (non-hydrogen) atoms. The summed E-state index contributed by atoms with van der Waals surface area (Å²) in [6, 6.07) is 18.8. The quantitative estimate of drug-likeness (QED) is 0.800. The first-order valence-electron chi connectivity index (χ1n) is 7.22. The third-order valence-electron chi connectivity index (χ3n) is 2.97. The predicted molar refractivity (Wildman–Crippen MR) is 93.5 cm³/mol. The first-order valence-corrected chi connectivity index (χ1v) is 7.22. The van der Waals surface area contributed by atoms with Crippen molar-refractivity contribution < 1.29 is 4.74 Å². The molecule has 0 aliphatic rings. The maximum atomic E-state index is 5.85. The Balaban J connectivity index is 0.00000128. The number of unbranched alkanes of at least 4 members (excludes halogenated alkanes) is 1. The van der Waals surface area contributed by atoms with E-state index in [1.807, 2.05) is 12.1 Å². The number of benzene rings is 2. The molecular weight excluding hydrogens is 282 g/mol. The molecule has 3 heteroatoms. The summed E-state index contributed by atoms with van der Waals surface area (Å²) in [5.41, 5.74) is 7.09. The molecule has 116 valence electrons. The highest BCUT2D eigenvalue weighted by Gasteiger charge is 2.03. The van der Waals surface area contributed by atoms with E-state index >= 15 is 0 Å². The third-order valence-corrected chi connectivity index (χ3v) is 2.97. The zero-order chi connectivity index (χ0) is 14.6. The number of halogens is 1. The van der Waals surface area contributed by atoms with Gasteiger partial charge in [0.15, 0.2) is 0 Å². The second kappa shape index (κ2) is 12.2. The highest BCUT2D eigenvalue weighted by molar-refractivity contribution is 5.85. The topological polar surface area (TPSA) is 35.2 Å². The monoisotopic (exact) mass is 307 g/mol. The smallest absolute Gasteiger partial charge is 0.122 e. The molecule has 0 unspecified atom stereocenters. The van der Waals surface area contributed by atoms with Crippen molar-refractivity contribution in [2.24, 2.45) is 5.73 Å². The maximum absolute atomic E-state index is 5.85. The summed E-state index contributed by atoms with van der Waals surface area (Å²) >= 11 is 0. The minimum Gasteiger partial charge on any atom is -0.493 e. The normalized spacial score (nSPS) is 9.10. The molecule has 2 N–H and O–H groups in total. The zero-order valence-electron chi connectivity index (χ0n) is 12.9. The number of hydrogen-bond donors (Lipinski definition) is 1. The molecule has 0 aliphatic carbocycles. The van der Waals surface area contributed by atoms with Crippen LogP contribution in [0.25, 0.3) is 0 Å². The fourth-order valence-electron chi connectivity index (χ4n) is 1.93. The van der Waals surface area contributed by atoms with Gasteiger partial charge in [-0.05, 0) is 30.7 Å². The summed E-state index contributed by atoms with van der Waals surface area (Å²) < 4.78 is 5.85. The van der Waals surface area contributed by atoms with E-state index in [4.69, 9.17) is 4.74 Å². The van der Waals surface area contributed by atoms with Gasteiger partial charge in [0.1, 0.15) is 5.75 Å². The van der Waals surface area contributed by atoms with Crippen LogP contribution in [0.5, 0.6) is 5.75 Å². The number of hydrogen-bond acceptors (Lipinski definition) is 2. The van der Waals surface area contributed by atoms with E-state index in [0.29, 0.717) is 0 Å². The van der Waals surface area contributed by atoms with E-state index in [0.717, 1.165) is 25.2 Å². The van der Waals surface area contributed by atoms with Gasteiger partial charge < -0.3 is 10.5 Å². The van der Waals surface area contributed by atoms with Crippen LogP contribution in [0.15, 0.2) is 54.6 Å². The lowest BCUT2D eigenvalue weighted by molar-refractivity contribution is 0.307. The molecule has 2 rings (SSSR count). The van der Waals surface area contributed by atoms with Gasteiger partial charge in [-0.15, -0.1) is 12.4 Å². The molecule has 0 radical (unpaired) electrons. The fraction of sp³-hybridized carbons (Fsp3) is 0.333. The van der Waals surface area contributed by atoms with Gasteiger partial charge >= 0.3 is 0 Å². The van der Waals surface area contributed by atoms with Crippen molar-refractivity contribution in [3.05, 3.63) is 65.7 Å². The third kappa shape index (κ3) is 7.16. The molecular formula is C18H26ClNO. The molecule has 2 aromatic carbocycles. The molecule has 0 fully saturated rings. The molecule has 0 saturated heterocycles. The molecule has 2 aromatic rings. The van der Waals surface area contributed by atoms with Crippen LogP contribution >= 0.6 is 12.4 Å². The highest BCUT2D eigenvalue weighted by Crippen LogP contribution is 2.21. The van der Waals surface area contributed by atoms with Crippen LogP contribution in [0.3, 0.4) is 0 Å². The largest absolute Gasteiger partial charge is 0.493 e. The highest BCUT2D eigenvalue weighted by atomic mass is 35.5. The van der Waals surface area contributed by atoms with Crippen molar-refractivity contribution in [2.45, 2.75) is 26.2 Å². The van der Waals surface area contributed by atoms with E-state index in [-0.39, 0.29) is 12.4 Å². The number of nitrogens with two attached hydrogens (primary N) is 1. The minimum atomic E-state index is 0. The van der Waals surface area contributed by atoms with Crippen molar-refractivity contribution >= 4 is 12.4 Å². The summed E-state index contributed by atoms with van der Waals surface area (Å²) in [6.07, 6.45) is 3.21. The minimum absolute atomic E-state index is 0. The fourth-order valence-corrected chi connectivity index (χ4v) is 1.93. The van der Waals surface area contributed by atoms with Crippen molar-refractivity contribution in [2.75, 3.05) is 13.7 Å². The van der Waals surface area contributed by atoms with Gasteiger partial charge in [-0.25, -0.2) is 0 Å². The van der Waals surface area contributed by atoms with Crippen LogP contribution in [0.2, 0.25) is 0 Å². The van der Waals surface area contributed by atoms with Crippen molar-refractivity contribution in [3.8, 4) is 5.75 Å². The second-order valence-electron chi connectivity index (χ2n) is 4.47. The zero-order valence-corrected chi connectivity index (χ0v) is 13.7. The SMILES string of the molecule is CCCCOc1ccccc1Cc1ccccc1.CN.Cl. The van der Waals surface area contributed by atoms with E-state index in [9.17, 15) is 0 Å². The Morgan fingerprint density at radius 2 is 1.52 bits per heavy atom. The Morgan fingerprint density at radius 1 is 0.905 bits per heavy atom. The van der Waals surface area contributed by atoms with Crippen LogP contribution in [0, 0.1) is 0 Å². The number of ether oxygens (including phenoxy) is 1.